The fourth-order valence-electron chi connectivity index (χ4n) is 4.54. The molecule has 3 aliphatic heterocycles. The lowest BCUT2D eigenvalue weighted by Crippen LogP contribution is -2.50. The van der Waals surface area contributed by atoms with E-state index in [1.54, 1.807) is 14.7 Å². The van der Waals surface area contributed by atoms with E-state index >= 15 is 0 Å². The molecule has 7 nitrogen and oxygen atoms in total. The van der Waals surface area contributed by atoms with Crippen LogP contribution in [0.25, 0.3) is 0 Å². The zero-order chi connectivity index (χ0) is 20.4. The number of benzene rings is 1. The summed E-state index contributed by atoms with van der Waals surface area (Å²) in [6.45, 7) is 7.13. The van der Waals surface area contributed by atoms with Gasteiger partial charge < -0.3 is 19.6 Å². The number of hydrogen-bond acceptors (Lipinski definition) is 4. The fraction of sp³-hybridized carbons (Fsp3) is 0.591. The van der Waals surface area contributed by atoms with E-state index in [0.717, 1.165) is 31.1 Å². The van der Waals surface area contributed by atoms with E-state index in [2.05, 4.69) is 24.0 Å². The van der Waals surface area contributed by atoms with Gasteiger partial charge in [0.25, 0.3) is 0 Å². The third-order valence-corrected chi connectivity index (χ3v) is 6.56. The molecule has 0 aromatic heterocycles. The van der Waals surface area contributed by atoms with E-state index in [1.165, 1.54) is 18.5 Å². The van der Waals surface area contributed by atoms with Gasteiger partial charge in [-0.25, -0.2) is 0 Å². The maximum absolute atomic E-state index is 12.8. The van der Waals surface area contributed by atoms with Gasteiger partial charge in [-0.15, -0.1) is 0 Å². The second kappa shape index (κ2) is 8.43. The molecule has 3 heterocycles. The average Bonchev–Trinajstić information content (AvgIpc) is 3.15. The van der Waals surface area contributed by atoms with Crippen molar-refractivity contribution in [1.29, 1.82) is 0 Å². The van der Waals surface area contributed by atoms with Gasteiger partial charge in [0, 0.05) is 63.6 Å². The maximum atomic E-state index is 12.8. The van der Waals surface area contributed by atoms with Crippen molar-refractivity contribution in [3.63, 3.8) is 0 Å². The molecule has 0 aliphatic carbocycles. The SMILES string of the molecule is CC1CCN(c2ccc(N3CC(C(=O)N4CCN(C=O)CC4)CC3=O)cc2)CC1. The predicted molar refractivity (Wildman–Crippen MR) is 112 cm³/mol. The topological polar surface area (TPSA) is 64.2 Å². The lowest BCUT2D eigenvalue weighted by molar-refractivity contribution is -0.139. The summed E-state index contributed by atoms with van der Waals surface area (Å²) in [5.41, 5.74) is 2.07. The smallest absolute Gasteiger partial charge is 0.228 e. The van der Waals surface area contributed by atoms with Crippen molar-refractivity contribution in [2.24, 2.45) is 11.8 Å². The van der Waals surface area contributed by atoms with Crippen LogP contribution in [-0.4, -0.2) is 73.8 Å². The van der Waals surface area contributed by atoms with Crippen molar-refractivity contribution in [2.45, 2.75) is 26.2 Å². The van der Waals surface area contributed by atoms with Crippen LogP contribution in [0.2, 0.25) is 0 Å². The van der Waals surface area contributed by atoms with Crippen LogP contribution in [0.1, 0.15) is 26.2 Å². The fourth-order valence-corrected chi connectivity index (χ4v) is 4.54. The first-order valence-corrected chi connectivity index (χ1v) is 10.7. The standard InChI is InChI=1S/C22H30N4O3/c1-17-6-8-24(9-7-17)19-2-4-20(5-3-19)26-15-18(14-21(26)28)22(29)25-12-10-23(16-27)11-13-25/h2-5,16-18H,6-15H2,1H3. The number of piperazine rings is 1. The number of nitrogens with zero attached hydrogens (tertiary/aromatic N) is 4. The molecule has 3 amide bonds. The molecule has 29 heavy (non-hydrogen) atoms. The molecule has 7 heteroatoms. The largest absolute Gasteiger partial charge is 0.372 e. The summed E-state index contributed by atoms with van der Waals surface area (Å²) in [5, 5.41) is 0. The number of amides is 3. The number of carbonyl (C=O) groups is 3. The monoisotopic (exact) mass is 398 g/mol. The van der Waals surface area contributed by atoms with Crippen LogP contribution in [0, 0.1) is 11.8 Å². The van der Waals surface area contributed by atoms with Crippen molar-refractivity contribution < 1.29 is 14.4 Å². The Hall–Kier alpha value is -2.57. The van der Waals surface area contributed by atoms with Gasteiger partial charge in [0.05, 0.1) is 5.92 Å². The normalized spacial score (nSPS) is 23.6. The van der Waals surface area contributed by atoms with E-state index in [4.69, 9.17) is 0 Å². The Morgan fingerprint density at radius 3 is 2.21 bits per heavy atom. The number of piperidine rings is 1. The summed E-state index contributed by atoms with van der Waals surface area (Å²) in [7, 11) is 0. The van der Waals surface area contributed by atoms with Crippen molar-refractivity contribution in [2.75, 3.05) is 55.6 Å². The molecule has 156 valence electrons. The van der Waals surface area contributed by atoms with Crippen LogP contribution in [0.15, 0.2) is 24.3 Å². The van der Waals surface area contributed by atoms with Crippen LogP contribution < -0.4 is 9.80 Å². The zero-order valence-electron chi connectivity index (χ0n) is 17.1. The molecular formula is C22H30N4O3. The van der Waals surface area contributed by atoms with Crippen molar-refractivity contribution in [1.82, 2.24) is 9.80 Å². The second-order valence-electron chi connectivity index (χ2n) is 8.56. The van der Waals surface area contributed by atoms with Crippen LogP contribution >= 0.6 is 0 Å². The molecule has 1 aromatic rings. The molecule has 0 spiro atoms. The second-order valence-corrected chi connectivity index (χ2v) is 8.56. The van der Waals surface area contributed by atoms with E-state index in [1.807, 2.05) is 12.1 Å². The van der Waals surface area contributed by atoms with E-state index in [9.17, 15) is 14.4 Å². The summed E-state index contributed by atoms with van der Waals surface area (Å²) >= 11 is 0. The Labute approximate surface area is 172 Å². The van der Waals surface area contributed by atoms with E-state index in [0.29, 0.717) is 32.7 Å². The molecule has 0 bridgehead atoms. The summed E-state index contributed by atoms with van der Waals surface area (Å²) in [4.78, 5) is 43.9. The minimum Gasteiger partial charge on any atom is -0.372 e. The Balaban J connectivity index is 1.36. The van der Waals surface area contributed by atoms with Gasteiger partial charge >= 0.3 is 0 Å². The van der Waals surface area contributed by atoms with E-state index in [-0.39, 0.29) is 24.2 Å². The highest BCUT2D eigenvalue weighted by Gasteiger charge is 2.37. The minimum atomic E-state index is -0.298. The quantitative estimate of drug-likeness (QED) is 0.723. The number of hydrogen-bond donors (Lipinski definition) is 0. The van der Waals surface area contributed by atoms with Crippen LogP contribution in [0.5, 0.6) is 0 Å². The number of anilines is 2. The molecule has 3 saturated heterocycles. The third kappa shape index (κ3) is 4.23. The molecule has 3 aliphatic rings. The van der Waals surface area contributed by atoms with Gasteiger partial charge in [0.15, 0.2) is 0 Å². The number of carbonyl (C=O) groups excluding carboxylic acids is 3. The lowest BCUT2D eigenvalue weighted by Gasteiger charge is -2.34. The molecule has 0 N–H and O–H groups in total. The van der Waals surface area contributed by atoms with Gasteiger partial charge in [-0.05, 0) is 43.0 Å². The van der Waals surface area contributed by atoms with Crippen molar-refractivity contribution >= 4 is 29.6 Å². The van der Waals surface area contributed by atoms with Crippen LogP contribution in [0.3, 0.4) is 0 Å². The van der Waals surface area contributed by atoms with Gasteiger partial charge in [-0.3, -0.25) is 14.4 Å². The molecular weight excluding hydrogens is 368 g/mol. The Kier molecular flexibility index (Phi) is 5.74. The van der Waals surface area contributed by atoms with Gasteiger partial charge in [-0.2, -0.15) is 0 Å². The molecule has 0 saturated carbocycles. The molecule has 1 atom stereocenters. The van der Waals surface area contributed by atoms with Crippen LogP contribution in [-0.2, 0) is 14.4 Å². The summed E-state index contributed by atoms with van der Waals surface area (Å²) in [6, 6.07) is 8.18. The molecule has 4 rings (SSSR count). The first-order chi connectivity index (χ1) is 14.0. The van der Waals surface area contributed by atoms with Gasteiger partial charge in [0.1, 0.15) is 0 Å². The molecule has 1 unspecified atom stereocenters. The van der Waals surface area contributed by atoms with Gasteiger partial charge in [-0.1, -0.05) is 6.92 Å². The molecule has 3 fully saturated rings. The Morgan fingerprint density at radius 1 is 0.966 bits per heavy atom. The van der Waals surface area contributed by atoms with Crippen molar-refractivity contribution in [3.8, 4) is 0 Å². The number of rotatable bonds is 4. The first-order valence-electron chi connectivity index (χ1n) is 10.7. The van der Waals surface area contributed by atoms with Gasteiger partial charge in [0.2, 0.25) is 18.2 Å². The summed E-state index contributed by atoms with van der Waals surface area (Å²) < 4.78 is 0. The molecule has 1 aromatic carbocycles. The summed E-state index contributed by atoms with van der Waals surface area (Å²) in [5.74, 6) is 0.539. The highest BCUT2D eigenvalue weighted by molar-refractivity contribution is 6.00. The third-order valence-electron chi connectivity index (χ3n) is 6.56. The van der Waals surface area contributed by atoms with Crippen molar-refractivity contribution in [3.05, 3.63) is 24.3 Å². The predicted octanol–water partition coefficient (Wildman–Crippen LogP) is 1.58. The Bertz CT molecular complexity index is 750. The lowest BCUT2D eigenvalue weighted by atomic mass is 9.99. The highest BCUT2D eigenvalue weighted by Crippen LogP contribution is 2.29. The van der Waals surface area contributed by atoms with E-state index < -0.39 is 0 Å². The summed E-state index contributed by atoms with van der Waals surface area (Å²) in [6.07, 6.45) is 3.53. The van der Waals surface area contributed by atoms with Crippen LogP contribution in [0.4, 0.5) is 11.4 Å². The molecule has 0 radical (unpaired) electrons. The maximum Gasteiger partial charge on any atom is 0.228 e. The average molecular weight is 399 g/mol. The minimum absolute atomic E-state index is 0.00873. The Morgan fingerprint density at radius 2 is 1.59 bits per heavy atom. The highest BCUT2D eigenvalue weighted by atomic mass is 16.2. The first kappa shape index (κ1) is 19.7. The zero-order valence-corrected chi connectivity index (χ0v) is 17.1.